The van der Waals surface area contributed by atoms with Crippen molar-refractivity contribution in [3.63, 3.8) is 0 Å². The summed E-state index contributed by atoms with van der Waals surface area (Å²) in [6, 6.07) is 2.60. The Morgan fingerprint density at radius 1 is 1.42 bits per heavy atom. The second-order valence-electron chi connectivity index (χ2n) is 6.08. The van der Waals surface area contributed by atoms with Crippen LogP contribution in [0.15, 0.2) is 21.2 Å². The van der Waals surface area contributed by atoms with Crippen LogP contribution >= 0.6 is 31.9 Å². The van der Waals surface area contributed by atoms with Gasteiger partial charge in [0.1, 0.15) is 5.82 Å². The van der Waals surface area contributed by atoms with E-state index in [1.807, 2.05) is 6.20 Å². The third-order valence-corrected chi connectivity index (χ3v) is 4.32. The summed E-state index contributed by atoms with van der Waals surface area (Å²) in [7, 11) is 0. The highest BCUT2D eigenvalue weighted by Gasteiger charge is 2.27. The Balaban J connectivity index is 2.10. The van der Waals surface area contributed by atoms with Crippen LogP contribution in [-0.2, 0) is 0 Å². The van der Waals surface area contributed by atoms with Crippen LogP contribution in [0.5, 0.6) is 0 Å². The summed E-state index contributed by atoms with van der Waals surface area (Å²) in [4.78, 5) is 6.97. The minimum atomic E-state index is 0.165. The van der Waals surface area contributed by atoms with Gasteiger partial charge in [0, 0.05) is 35.3 Å². The largest absolute Gasteiger partial charge is 0.351 e. The van der Waals surface area contributed by atoms with Crippen LogP contribution in [0.2, 0.25) is 0 Å². The third-order valence-electron chi connectivity index (χ3n) is 3.31. The molecule has 1 aliphatic rings. The van der Waals surface area contributed by atoms with Crippen molar-refractivity contribution in [1.29, 1.82) is 0 Å². The monoisotopic (exact) mass is 389 g/mol. The van der Waals surface area contributed by atoms with Gasteiger partial charge in [-0.1, -0.05) is 0 Å². The van der Waals surface area contributed by atoms with Gasteiger partial charge in [-0.3, -0.25) is 0 Å². The predicted molar refractivity (Wildman–Crippen MR) is 87.8 cm³/mol. The van der Waals surface area contributed by atoms with E-state index in [1.54, 1.807) is 0 Å². The van der Waals surface area contributed by atoms with Crippen molar-refractivity contribution in [2.24, 2.45) is 0 Å². The van der Waals surface area contributed by atoms with Crippen LogP contribution in [0.4, 0.5) is 5.82 Å². The van der Waals surface area contributed by atoms with Crippen molar-refractivity contribution in [3.05, 3.63) is 21.2 Å². The molecule has 1 aromatic rings. The Morgan fingerprint density at radius 2 is 2.16 bits per heavy atom. The molecule has 1 N–H and O–H groups in total. The molecule has 1 fully saturated rings. The topological polar surface area (TPSA) is 28.2 Å². The maximum Gasteiger partial charge on any atom is 0.143 e. The molecule has 3 nitrogen and oxygen atoms in total. The Hall–Kier alpha value is -0.130. The molecule has 0 aromatic carbocycles. The highest BCUT2D eigenvalue weighted by Crippen LogP contribution is 2.31. The zero-order valence-corrected chi connectivity index (χ0v) is 14.9. The molecule has 0 amide bonds. The van der Waals surface area contributed by atoms with E-state index in [-0.39, 0.29) is 5.54 Å². The van der Waals surface area contributed by atoms with Crippen LogP contribution in [0.1, 0.15) is 33.6 Å². The molecule has 2 rings (SSSR count). The van der Waals surface area contributed by atoms with Crippen LogP contribution in [0.25, 0.3) is 0 Å². The molecule has 106 valence electrons. The lowest BCUT2D eigenvalue weighted by Crippen LogP contribution is -2.45. The first-order valence-corrected chi connectivity index (χ1v) is 8.28. The minimum Gasteiger partial charge on any atom is -0.351 e. The van der Waals surface area contributed by atoms with Crippen molar-refractivity contribution in [3.8, 4) is 0 Å². The zero-order valence-electron chi connectivity index (χ0n) is 11.7. The van der Waals surface area contributed by atoms with Crippen molar-refractivity contribution in [1.82, 2.24) is 10.3 Å². The molecule has 1 aromatic heterocycles. The summed E-state index contributed by atoms with van der Waals surface area (Å²) in [6.45, 7) is 8.72. The lowest BCUT2D eigenvalue weighted by molar-refractivity contribution is 0.404. The maximum absolute atomic E-state index is 4.56. The number of nitrogens with zero attached hydrogens (tertiary/aromatic N) is 2. The number of pyridine rings is 1. The van der Waals surface area contributed by atoms with Gasteiger partial charge in [0.15, 0.2) is 0 Å². The number of hydrogen-bond acceptors (Lipinski definition) is 3. The van der Waals surface area contributed by atoms with Gasteiger partial charge in [-0.2, -0.15) is 0 Å². The first-order chi connectivity index (χ1) is 8.87. The molecule has 1 atom stereocenters. The fourth-order valence-corrected chi connectivity index (χ4v) is 3.58. The van der Waals surface area contributed by atoms with Gasteiger partial charge in [-0.25, -0.2) is 4.98 Å². The summed E-state index contributed by atoms with van der Waals surface area (Å²) >= 11 is 7.07. The molecule has 1 saturated heterocycles. The Bertz CT molecular complexity index is 443. The molecule has 0 spiro atoms. The van der Waals surface area contributed by atoms with Gasteiger partial charge in [-0.15, -0.1) is 0 Å². The van der Waals surface area contributed by atoms with Crippen LogP contribution < -0.4 is 10.2 Å². The molecule has 0 aliphatic carbocycles. The van der Waals surface area contributed by atoms with Gasteiger partial charge < -0.3 is 10.2 Å². The normalized spacial score (nSPS) is 20.1. The summed E-state index contributed by atoms with van der Waals surface area (Å²) in [6.07, 6.45) is 4.33. The van der Waals surface area contributed by atoms with Crippen LogP contribution in [0, 0.1) is 0 Å². The van der Waals surface area contributed by atoms with E-state index in [2.05, 4.69) is 73.9 Å². The number of nitrogens with one attached hydrogen (secondary N) is 1. The molecule has 5 heteroatoms. The fourth-order valence-electron chi connectivity index (χ4n) is 2.37. The number of hydrogen-bond donors (Lipinski definition) is 1. The number of rotatable bonds is 3. The highest BCUT2D eigenvalue weighted by molar-refractivity contribution is 9.11. The molecular formula is C14H21Br2N3. The van der Waals surface area contributed by atoms with Gasteiger partial charge >= 0.3 is 0 Å². The lowest BCUT2D eigenvalue weighted by atomic mass is 10.1. The van der Waals surface area contributed by atoms with Gasteiger partial charge in [0.25, 0.3) is 0 Å². The van der Waals surface area contributed by atoms with Crippen molar-refractivity contribution < 1.29 is 0 Å². The van der Waals surface area contributed by atoms with Crippen LogP contribution in [0.3, 0.4) is 0 Å². The van der Waals surface area contributed by atoms with Gasteiger partial charge in [-0.05, 0) is 71.5 Å². The first kappa shape index (κ1) is 15.3. The zero-order chi connectivity index (χ0) is 14.0. The summed E-state index contributed by atoms with van der Waals surface area (Å²) < 4.78 is 2.07. The summed E-state index contributed by atoms with van der Waals surface area (Å²) in [5.41, 5.74) is 0.165. The average molecular weight is 391 g/mol. The smallest absolute Gasteiger partial charge is 0.143 e. The second-order valence-corrected chi connectivity index (χ2v) is 7.85. The Labute approximate surface area is 132 Å². The van der Waals surface area contributed by atoms with E-state index >= 15 is 0 Å². The fraction of sp³-hybridized carbons (Fsp3) is 0.643. The van der Waals surface area contributed by atoms with E-state index in [9.17, 15) is 0 Å². The first-order valence-electron chi connectivity index (χ1n) is 6.69. The van der Waals surface area contributed by atoms with E-state index in [4.69, 9.17) is 0 Å². The standard InChI is InChI=1S/C14H21Br2N3/c1-14(2,3)18-9-11-5-4-6-19(11)13-12(16)7-10(15)8-17-13/h7-8,11,18H,4-6,9H2,1-3H3. The molecule has 0 radical (unpaired) electrons. The molecule has 1 aliphatic heterocycles. The van der Waals surface area contributed by atoms with Gasteiger partial charge in [0.2, 0.25) is 0 Å². The Kier molecular flexibility index (Phi) is 4.90. The minimum absolute atomic E-state index is 0.165. The van der Waals surface area contributed by atoms with E-state index in [0.717, 1.165) is 27.9 Å². The average Bonchev–Trinajstić information content (AvgIpc) is 2.73. The van der Waals surface area contributed by atoms with E-state index in [0.29, 0.717) is 6.04 Å². The molecule has 19 heavy (non-hydrogen) atoms. The summed E-state index contributed by atoms with van der Waals surface area (Å²) in [5, 5.41) is 3.60. The van der Waals surface area contributed by atoms with Crippen molar-refractivity contribution in [2.75, 3.05) is 18.0 Å². The van der Waals surface area contributed by atoms with E-state index in [1.165, 1.54) is 12.8 Å². The predicted octanol–water partition coefficient (Wildman–Crippen LogP) is 3.96. The Morgan fingerprint density at radius 3 is 2.79 bits per heavy atom. The number of halogens is 2. The molecule has 1 unspecified atom stereocenters. The summed E-state index contributed by atoms with van der Waals surface area (Å²) in [5.74, 6) is 1.06. The number of aromatic nitrogens is 1. The lowest BCUT2D eigenvalue weighted by Gasteiger charge is -2.30. The molecule has 0 bridgehead atoms. The van der Waals surface area contributed by atoms with Gasteiger partial charge in [0.05, 0.1) is 4.47 Å². The second kappa shape index (κ2) is 6.10. The van der Waals surface area contributed by atoms with Crippen LogP contribution in [-0.4, -0.2) is 29.7 Å². The van der Waals surface area contributed by atoms with E-state index < -0.39 is 0 Å². The van der Waals surface area contributed by atoms with Crippen molar-refractivity contribution in [2.45, 2.75) is 45.2 Å². The third kappa shape index (κ3) is 4.17. The number of anilines is 1. The molecule has 0 saturated carbocycles. The molecule has 2 heterocycles. The van der Waals surface area contributed by atoms with Crippen molar-refractivity contribution >= 4 is 37.7 Å². The molecular weight excluding hydrogens is 370 g/mol. The highest BCUT2D eigenvalue weighted by atomic mass is 79.9. The quantitative estimate of drug-likeness (QED) is 0.846. The SMILES string of the molecule is CC(C)(C)NCC1CCCN1c1ncc(Br)cc1Br. The maximum atomic E-state index is 4.56.